The molecule has 6 heteroatoms. The summed E-state index contributed by atoms with van der Waals surface area (Å²) in [6.07, 6.45) is 10.2. The maximum absolute atomic E-state index is 13.7. The van der Waals surface area contributed by atoms with E-state index in [-0.39, 0.29) is 11.8 Å². The number of aliphatic hydroxyl groups is 2. The van der Waals surface area contributed by atoms with Crippen molar-refractivity contribution in [2.24, 2.45) is 40.9 Å². The molecule has 1 aromatic rings. The van der Waals surface area contributed by atoms with Crippen molar-refractivity contribution in [3.8, 4) is 6.07 Å². The number of ketones is 1. The predicted octanol–water partition coefficient (Wildman–Crippen LogP) is 3.70. The molecule has 9 atom stereocenters. The van der Waals surface area contributed by atoms with Crippen molar-refractivity contribution in [1.29, 1.82) is 5.26 Å². The van der Waals surface area contributed by atoms with E-state index in [9.17, 15) is 15.0 Å². The highest BCUT2D eigenvalue weighted by molar-refractivity contribution is 5.84. The van der Waals surface area contributed by atoms with E-state index < -0.39 is 16.6 Å². The van der Waals surface area contributed by atoms with Crippen LogP contribution < -0.4 is 0 Å². The monoisotopic (exact) mass is 439 g/mol. The van der Waals surface area contributed by atoms with Gasteiger partial charge in [-0.3, -0.25) is 9.48 Å². The van der Waals surface area contributed by atoms with E-state index in [1.807, 2.05) is 6.92 Å². The van der Waals surface area contributed by atoms with Crippen LogP contribution in [-0.4, -0.2) is 37.0 Å². The molecular formula is C26H37N3O3. The van der Waals surface area contributed by atoms with Crippen LogP contribution in [0.5, 0.6) is 0 Å². The van der Waals surface area contributed by atoms with Crippen LogP contribution in [0.3, 0.4) is 0 Å². The topological polar surface area (TPSA) is 99.1 Å². The van der Waals surface area contributed by atoms with Gasteiger partial charge in [-0.1, -0.05) is 13.8 Å². The second-order valence-corrected chi connectivity index (χ2v) is 12.0. The van der Waals surface area contributed by atoms with E-state index in [1.165, 1.54) is 0 Å². The van der Waals surface area contributed by atoms with E-state index in [0.29, 0.717) is 48.0 Å². The van der Waals surface area contributed by atoms with E-state index >= 15 is 0 Å². The van der Waals surface area contributed by atoms with Gasteiger partial charge in [-0.05, 0) is 75.5 Å². The van der Waals surface area contributed by atoms with Crippen molar-refractivity contribution >= 4 is 5.78 Å². The first kappa shape index (κ1) is 22.1. The van der Waals surface area contributed by atoms with Crippen LogP contribution >= 0.6 is 0 Å². The fraction of sp³-hybridized carbons (Fsp3) is 0.808. The number of carbonyl (C=O) groups is 1. The van der Waals surface area contributed by atoms with Gasteiger partial charge >= 0.3 is 0 Å². The molecule has 5 rings (SSSR count). The van der Waals surface area contributed by atoms with E-state index in [4.69, 9.17) is 5.26 Å². The van der Waals surface area contributed by atoms with E-state index in [1.54, 1.807) is 17.1 Å². The number of fused-ring (bicyclic) bond motifs is 5. The fourth-order valence-electron chi connectivity index (χ4n) is 8.67. The number of carbonyl (C=O) groups excluding carboxylic acids is 1. The average Bonchev–Trinajstić information content (AvgIpc) is 3.29. The third-order valence-electron chi connectivity index (χ3n) is 10.2. The highest BCUT2D eigenvalue weighted by Crippen LogP contribution is 2.66. The number of hydrogen-bond donors (Lipinski definition) is 2. The van der Waals surface area contributed by atoms with E-state index in [2.05, 4.69) is 25.0 Å². The quantitative estimate of drug-likeness (QED) is 0.748. The zero-order valence-corrected chi connectivity index (χ0v) is 19.6. The molecule has 0 bridgehead atoms. The summed E-state index contributed by atoms with van der Waals surface area (Å²) >= 11 is 0. The minimum Gasteiger partial charge on any atom is -0.390 e. The lowest BCUT2D eigenvalue weighted by molar-refractivity contribution is -0.173. The Morgan fingerprint density at radius 2 is 2.00 bits per heavy atom. The molecule has 174 valence electrons. The minimum absolute atomic E-state index is 0.0607. The molecule has 32 heavy (non-hydrogen) atoms. The Balaban J connectivity index is 1.39. The summed E-state index contributed by atoms with van der Waals surface area (Å²) in [4.78, 5) is 13.7. The first-order chi connectivity index (χ1) is 15.1. The zero-order valence-electron chi connectivity index (χ0n) is 19.6. The zero-order chi connectivity index (χ0) is 22.9. The number of Topliss-reactive ketones (excluding diaryl/α,β-unsaturated/α-hetero) is 1. The van der Waals surface area contributed by atoms with Crippen LogP contribution in [0, 0.1) is 52.3 Å². The van der Waals surface area contributed by atoms with Crippen LogP contribution in [0.4, 0.5) is 0 Å². The largest absolute Gasteiger partial charge is 0.390 e. The second-order valence-electron chi connectivity index (χ2n) is 12.0. The Kier molecular flexibility index (Phi) is 5.11. The number of rotatable bonds is 3. The summed E-state index contributed by atoms with van der Waals surface area (Å²) in [6.45, 7) is 6.73. The van der Waals surface area contributed by atoms with Gasteiger partial charge in [0.1, 0.15) is 11.9 Å². The van der Waals surface area contributed by atoms with Crippen LogP contribution in [0.25, 0.3) is 0 Å². The summed E-state index contributed by atoms with van der Waals surface area (Å²) in [6, 6.07) is 2.11. The third-order valence-corrected chi connectivity index (χ3v) is 10.2. The van der Waals surface area contributed by atoms with E-state index in [0.717, 1.165) is 44.9 Å². The summed E-state index contributed by atoms with van der Waals surface area (Å²) in [5, 5.41) is 36.0. The predicted molar refractivity (Wildman–Crippen MR) is 119 cm³/mol. The Morgan fingerprint density at radius 3 is 2.72 bits per heavy atom. The molecule has 4 aliphatic rings. The van der Waals surface area contributed by atoms with Crippen LogP contribution in [-0.2, 0) is 11.3 Å². The van der Waals surface area contributed by atoms with Crippen LogP contribution in [0.2, 0.25) is 0 Å². The molecule has 4 aliphatic carbocycles. The number of nitriles is 1. The van der Waals surface area contributed by atoms with Gasteiger partial charge in [0, 0.05) is 36.4 Å². The maximum atomic E-state index is 13.7. The van der Waals surface area contributed by atoms with Gasteiger partial charge in [0.05, 0.1) is 23.0 Å². The minimum atomic E-state index is -0.913. The lowest BCUT2D eigenvalue weighted by Gasteiger charge is -2.57. The molecule has 0 unspecified atom stereocenters. The Labute approximate surface area is 191 Å². The standard InChI is InChI=1S/C26H37N3O3/c1-16(14-29-15-17(12-27)13-28-29)26(32)9-7-21-20-5-4-18-10-24(2,31)8-6-19(18)23(20)22(30)11-25(21,26)3/h13,15-16,18-21,23,31-32H,4-11,14H2,1-3H3/t16-,18-,19+,20+,21+,23-,24-,25+,26+/m1/s1. The normalized spacial score (nSPS) is 46.6. The second kappa shape index (κ2) is 7.40. The first-order valence-electron chi connectivity index (χ1n) is 12.5. The smallest absolute Gasteiger partial charge is 0.137 e. The molecule has 0 aromatic carbocycles. The van der Waals surface area contributed by atoms with Gasteiger partial charge in [0.2, 0.25) is 0 Å². The molecule has 0 radical (unpaired) electrons. The molecule has 1 heterocycles. The van der Waals surface area contributed by atoms with Gasteiger partial charge < -0.3 is 10.2 Å². The molecular weight excluding hydrogens is 402 g/mol. The SMILES string of the molecule is C[C@H](Cn1cc(C#N)cn1)[C@@]1(O)CC[C@H]2[C@@H]3CC[C@@H]4C[C@](C)(O)CC[C@@H]4[C@H]3C(=O)C[C@@]21C. The molecule has 4 fully saturated rings. The molecule has 4 saturated carbocycles. The molecule has 0 amide bonds. The lowest BCUT2D eigenvalue weighted by atomic mass is 9.47. The molecule has 0 saturated heterocycles. The maximum Gasteiger partial charge on any atom is 0.137 e. The fourth-order valence-corrected chi connectivity index (χ4v) is 8.67. The summed E-state index contributed by atoms with van der Waals surface area (Å²) in [5.74, 6) is 2.00. The summed E-state index contributed by atoms with van der Waals surface area (Å²) < 4.78 is 1.75. The molecule has 6 nitrogen and oxygen atoms in total. The number of hydrogen-bond acceptors (Lipinski definition) is 5. The van der Waals surface area contributed by atoms with Crippen molar-refractivity contribution in [3.05, 3.63) is 18.0 Å². The van der Waals surface area contributed by atoms with Crippen LogP contribution in [0.1, 0.15) is 77.7 Å². The molecule has 2 N–H and O–H groups in total. The third kappa shape index (κ3) is 3.19. The van der Waals surface area contributed by atoms with Gasteiger partial charge in [-0.15, -0.1) is 0 Å². The van der Waals surface area contributed by atoms with Gasteiger partial charge in [-0.2, -0.15) is 10.4 Å². The van der Waals surface area contributed by atoms with Crippen LogP contribution in [0.15, 0.2) is 12.4 Å². The average molecular weight is 440 g/mol. The lowest BCUT2D eigenvalue weighted by Crippen LogP contribution is -2.59. The first-order valence-corrected chi connectivity index (χ1v) is 12.5. The van der Waals surface area contributed by atoms with Crippen molar-refractivity contribution in [3.63, 3.8) is 0 Å². The van der Waals surface area contributed by atoms with Gasteiger partial charge in [0.15, 0.2) is 0 Å². The Hall–Kier alpha value is -1.71. The highest BCUT2D eigenvalue weighted by atomic mass is 16.3. The molecule has 1 aromatic heterocycles. The van der Waals surface area contributed by atoms with Gasteiger partial charge in [0.25, 0.3) is 0 Å². The Morgan fingerprint density at radius 1 is 1.22 bits per heavy atom. The van der Waals surface area contributed by atoms with Crippen molar-refractivity contribution in [1.82, 2.24) is 9.78 Å². The highest BCUT2D eigenvalue weighted by Gasteiger charge is 2.66. The molecule has 0 spiro atoms. The van der Waals surface area contributed by atoms with Gasteiger partial charge in [-0.25, -0.2) is 0 Å². The Bertz CT molecular complexity index is 948. The number of nitrogens with zero attached hydrogens (tertiary/aromatic N) is 3. The molecule has 0 aliphatic heterocycles. The van der Waals surface area contributed by atoms with Crippen molar-refractivity contribution in [2.45, 2.75) is 89.9 Å². The van der Waals surface area contributed by atoms with Crippen molar-refractivity contribution < 1.29 is 15.0 Å². The van der Waals surface area contributed by atoms with Crippen molar-refractivity contribution in [2.75, 3.05) is 0 Å². The summed E-state index contributed by atoms with van der Waals surface area (Å²) in [5.41, 5.74) is -1.38. The number of aromatic nitrogens is 2. The summed E-state index contributed by atoms with van der Waals surface area (Å²) in [7, 11) is 0.